The molecule has 0 spiro atoms. The van der Waals surface area contributed by atoms with E-state index in [1.807, 2.05) is 36.6 Å². The number of nitrogens with zero attached hydrogens (tertiary/aromatic N) is 4. The number of benzene rings is 2. The Hall–Kier alpha value is -3.46. The molecule has 0 saturated heterocycles. The first-order chi connectivity index (χ1) is 14.2. The molecule has 0 atom stereocenters. The lowest BCUT2D eigenvalue weighted by molar-refractivity contribution is 0.0912. The van der Waals surface area contributed by atoms with Gasteiger partial charge in [-0.25, -0.2) is 4.39 Å². The Bertz CT molecular complexity index is 1130. The SMILES string of the molecule is CSc1nnc(CNC(=O)c2cc(-c3ccccc3)no2)n1-c1ccc(F)cc1. The van der Waals surface area contributed by atoms with Crippen molar-refractivity contribution in [2.45, 2.75) is 11.7 Å². The van der Waals surface area contributed by atoms with Crippen LogP contribution in [0, 0.1) is 5.82 Å². The summed E-state index contributed by atoms with van der Waals surface area (Å²) in [7, 11) is 0. The van der Waals surface area contributed by atoms with Crippen LogP contribution in [0.1, 0.15) is 16.4 Å². The predicted molar refractivity (Wildman–Crippen MR) is 106 cm³/mol. The molecule has 4 rings (SSSR count). The van der Waals surface area contributed by atoms with Crippen LogP contribution in [0.25, 0.3) is 16.9 Å². The number of aromatic nitrogens is 4. The summed E-state index contributed by atoms with van der Waals surface area (Å²) in [6.07, 6.45) is 1.87. The van der Waals surface area contributed by atoms with Crippen LogP contribution in [0.4, 0.5) is 4.39 Å². The van der Waals surface area contributed by atoms with Crippen LogP contribution in [-0.4, -0.2) is 32.1 Å². The number of hydrogen-bond donors (Lipinski definition) is 1. The number of carbonyl (C=O) groups excluding carboxylic acids is 1. The van der Waals surface area contributed by atoms with Crippen molar-refractivity contribution >= 4 is 17.7 Å². The molecular formula is C20H16FN5O2S. The lowest BCUT2D eigenvalue weighted by Crippen LogP contribution is -2.24. The van der Waals surface area contributed by atoms with Crippen molar-refractivity contribution in [3.05, 3.63) is 78.1 Å². The minimum atomic E-state index is -0.418. The number of carbonyl (C=O) groups is 1. The molecule has 4 aromatic rings. The van der Waals surface area contributed by atoms with Crippen LogP contribution in [0.3, 0.4) is 0 Å². The summed E-state index contributed by atoms with van der Waals surface area (Å²) in [6.45, 7) is 0.116. The van der Waals surface area contributed by atoms with Crippen LogP contribution in [0.2, 0.25) is 0 Å². The van der Waals surface area contributed by atoms with Gasteiger partial charge in [-0.2, -0.15) is 0 Å². The Balaban J connectivity index is 1.51. The van der Waals surface area contributed by atoms with Gasteiger partial charge in [-0.05, 0) is 30.5 Å². The molecule has 0 unspecified atom stereocenters. The Kier molecular flexibility index (Phi) is 5.39. The average molecular weight is 409 g/mol. The number of rotatable bonds is 6. The van der Waals surface area contributed by atoms with Gasteiger partial charge >= 0.3 is 0 Å². The molecule has 0 bridgehead atoms. The van der Waals surface area contributed by atoms with Gasteiger partial charge in [-0.1, -0.05) is 47.3 Å². The van der Waals surface area contributed by atoms with Crippen LogP contribution >= 0.6 is 11.8 Å². The molecule has 9 heteroatoms. The summed E-state index contributed by atoms with van der Waals surface area (Å²) in [5.74, 6) is -0.139. The molecule has 0 saturated carbocycles. The summed E-state index contributed by atoms with van der Waals surface area (Å²) in [4.78, 5) is 12.5. The molecule has 0 aliphatic rings. The maximum absolute atomic E-state index is 13.3. The molecular weight excluding hydrogens is 393 g/mol. The zero-order valence-electron chi connectivity index (χ0n) is 15.4. The highest BCUT2D eigenvalue weighted by atomic mass is 32.2. The summed E-state index contributed by atoms with van der Waals surface area (Å²) >= 11 is 1.40. The van der Waals surface area contributed by atoms with E-state index < -0.39 is 5.91 Å². The van der Waals surface area contributed by atoms with E-state index in [0.29, 0.717) is 22.4 Å². The summed E-state index contributed by atoms with van der Waals surface area (Å²) < 4.78 is 20.2. The predicted octanol–water partition coefficient (Wildman–Crippen LogP) is 3.71. The Morgan fingerprint density at radius 3 is 2.62 bits per heavy atom. The van der Waals surface area contributed by atoms with Gasteiger partial charge in [0.2, 0.25) is 5.76 Å². The van der Waals surface area contributed by atoms with E-state index in [2.05, 4.69) is 20.7 Å². The number of nitrogens with one attached hydrogen (secondary N) is 1. The van der Waals surface area contributed by atoms with Crippen molar-refractivity contribution in [3.63, 3.8) is 0 Å². The standard InChI is InChI=1S/C20H16FN5O2S/c1-29-20-24-23-18(26(20)15-9-7-14(21)8-10-15)12-22-19(27)17-11-16(25-28-17)13-5-3-2-4-6-13/h2-11H,12H2,1H3,(H,22,27). The molecule has 1 amide bonds. The van der Waals surface area contributed by atoms with Crippen LogP contribution in [0.5, 0.6) is 0 Å². The number of halogens is 1. The van der Waals surface area contributed by atoms with Gasteiger partial charge in [-0.15, -0.1) is 10.2 Å². The van der Waals surface area contributed by atoms with Gasteiger partial charge in [0, 0.05) is 17.3 Å². The van der Waals surface area contributed by atoms with Gasteiger partial charge in [0.1, 0.15) is 11.5 Å². The highest BCUT2D eigenvalue weighted by Crippen LogP contribution is 2.21. The molecule has 0 radical (unpaired) electrons. The third-order valence-corrected chi connectivity index (χ3v) is 4.81. The lowest BCUT2D eigenvalue weighted by Gasteiger charge is -2.09. The zero-order chi connectivity index (χ0) is 20.2. The molecule has 0 aliphatic heterocycles. The summed E-state index contributed by atoms with van der Waals surface area (Å²) in [5.41, 5.74) is 2.14. The Morgan fingerprint density at radius 2 is 1.90 bits per heavy atom. The molecule has 1 N–H and O–H groups in total. The first kappa shape index (κ1) is 18.9. The van der Waals surface area contributed by atoms with Crippen molar-refractivity contribution in [3.8, 4) is 16.9 Å². The van der Waals surface area contributed by atoms with Crippen LogP contribution < -0.4 is 5.32 Å². The van der Waals surface area contributed by atoms with E-state index in [-0.39, 0.29) is 18.1 Å². The van der Waals surface area contributed by atoms with Crippen molar-refractivity contribution in [1.29, 1.82) is 0 Å². The fourth-order valence-electron chi connectivity index (χ4n) is 2.77. The van der Waals surface area contributed by atoms with Crippen LogP contribution in [0.15, 0.2) is 70.3 Å². The maximum Gasteiger partial charge on any atom is 0.290 e. The highest BCUT2D eigenvalue weighted by Gasteiger charge is 2.17. The number of thioether (sulfide) groups is 1. The van der Waals surface area contributed by atoms with Gasteiger partial charge in [0.15, 0.2) is 11.0 Å². The van der Waals surface area contributed by atoms with E-state index in [1.165, 1.54) is 23.9 Å². The number of hydrogen-bond acceptors (Lipinski definition) is 6. The van der Waals surface area contributed by atoms with E-state index in [0.717, 1.165) is 5.56 Å². The molecule has 29 heavy (non-hydrogen) atoms. The lowest BCUT2D eigenvalue weighted by atomic mass is 10.1. The van der Waals surface area contributed by atoms with Crippen LogP contribution in [-0.2, 0) is 6.54 Å². The molecule has 2 aromatic carbocycles. The monoisotopic (exact) mass is 409 g/mol. The smallest absolute Gasteiger partial charge is 0.290 e. The van der Waals surface area contributed by atoms with Crippen molar-refractivity contribution < 1.29 is 13.7 Å². The molecule has 7 nitrogen and oxygen atoms in total. The minimum absolute atomic E-state index is 0.0989. The largest absolute Gasteiger partial charge is 0.350 e. The second-order valence-corrected chi connectivity index (χ2v) is 6.81. The van der Waals surface area contributed by atoms with Crippen molar-refractivity contribution in [2.75, 3.05) is 6.26 Å². The van der Waals surface area contributed by atoms with Gasteiger partial charge < -0.3 is 9.84 Å². The van der Waals surface area contributed by atoms with Gasteiger partial charge in [0.25, 0.3) is 5.91 Å². The maximum atomic E-state index is 13.3. The molecule has 2 heterocycles. The average Bonchev–Trinajstić information content (AvgIpc) is 3.41. The highest BCUT2D eigenvalue weighted by molar-refractivity contribution is 7.98. The third-order valence-electron chi connectivity index (χ3n) is 4.18. The Morgan fingerprint density at radius 1 is 1.14 bits per heavy atom. The number of amides is 1. The fourth-order valence-corrected chi connectivity index (χ4v) is 3.29. The zero-order valence-corrected chi connectivity index (χ0v) is 16.2. The summed E-state index contributed by atoms with van der Waals surface area (Å²) in [6, 6.07) is 17.0. The summed E-state index contributed by atoms with van der Waals surface area (Å²) in [5, 5.41) is 15.6. The van der Waals surface area contributed by atoms with E-state index in [1.54, 1.807) is 22.8 Å². The second kappa shape index (κ2) is 8.27. The van der Waals surface area contributed by atoms with Crippen molar-refractivity contribution in [2.24, 2.45) is 0 Å². The van der Waals surface area contributed by atoms with Crippen molar-refractivity contribution in [1.82, 2.24) is 25.2 Å². The third kappa shape index (κ3) is 4.04. The van der Waals surface area contributed by atoms with Gasteiger partial charge in [-0.3, -0.25) is 9.36 Å². The minimum Gasteiger partial charge on any atom is -0.350 e. The van der Waals surface area contributed by atoms with E-state index >= 15 is 0 Å². The fraction of sp³-hybridized carbons (Fsp3) is 0.100. The molecule has 2 aromatic heterocycles. The normalized spacial score (nSPS) is 10.8. The second-order valence-electron chi connectivity index (χ2n) is 6.04. The molecule has 146 valence electrons. The molecule has 0 aliphatic carbocycles. The quantitative estimate of drug-likeness (QED) is 0.489. The topological polar surface area (TPSA) is 85.8 Å². The van der Waals surface area contributed by atoms with E-state index in [9.17, 15) is 9.18 Å². The first-order valence-electron chi connectivity index (χ1n) is 8.70. The Labute approximate surface area is 169 Å². The first-order valence-corrected chi connectivity index (χ1v) is 9.93. The molecule has 0 fully saturated rings. The van der Waals surface area contributed by atoms with E-state index in [4.69, 9.17) is 4.52 Å². The van der Waals surface area contributed by atoms with Gasteiger partial charge in [0.05, 0.1) is 6.54 Å².